The van der Waals surface area contributed by atoms with Gasteiger partial charge in [-0.05, 0) is 19.8 Å². The molecule has 0 saturated heterocycles. The highest BCUT2D eigenvalue weighted by molar-refractivity contribution is 5.69. The Morgan fingerprint density at radius 2 is 1.93 bits per heavy atom. The molecule has 0 amide bonds. The molecule has 0 bridgehead atoms. The van der Waals surface area contributed by atoms with Crippen molar-refractivity contribution in [2.24, 2.45) is 0 Å². The van der Waals surface area contributed by atoms with Gasteiger partial charge in [-0.3, -0.25) is 9.59 Å². The number of allylic oxidation sites excluding steroid dienone is 1. The zero-order valence-electron chi connectivity index (χ0n) is 8.36. The largest absolute Gasteiger partial charge is 0.481 e. The Hall–Kier alpha value is -1.32. The van der Waals surface area contributed by atoms with Gasteiger partial charge in [-0.2, -0.15) is 0 Å². The highest BCUT2D eigenvalue weighted by Crippen LogP contribution is 2.01. The van der Waals surface area contributed by atoms with E-state index in [9.17, 15) is 9.59 Å². The Kier molecular flexibility index (Phi) is 7.50. The first-order valence-electron chi connectivity index (χ1n) is 4.65. The Morgan fingerprint density at radius 3 is 2.50 bits per heavy atom. The first-order valence-corrected chi connectivity index (χ1v) is 4.65. The third-order valence-electron chi connectivity index (χ3n) is 1.60. The maximum atomic E-state index is 11.0. The minimum absolute atomic E-state index is 0.113. The summed E-state index contributed by atoms with van der Waals surface area (Å²) in [5.41, 5.74) is 0. The number of carbonyl (C=O) groups excluding carboxylic acids is 1. The lowest BCUT2D eigenvalue weighted by molar-refractivity contribution is -0.143. The molecule has 14 heavy (non-hydrogen) atoms. The number of carbonyl (C=O) groups is 2. The summed E-state index contributed by atoms with van der Waals surface area (Å²) in [5, 5.41) is 8.33. The fraction of sp³-hybridized carbons (Fsp3) is 0.600. The SMILES string of the molecule is CC=CCOC(=O)CCCCC(=O)O. The topological polar surface area (TPSA) is 63.6 Å². The minimum atomic E-state index is -0.827. The van der Waals surface area contributed by atoms with Crippen LogP contribution >= 0.6 is 0 Å². The molecule has 0 aromatic carbocycles. The third-order valence-corrected chi connectivity index (χ3v) is 1.60. The molecule has 0 aromatic heterocycles. The summed E-state index contributed by atoms with van der Waals surface area (Å²) in [4.78, 5) is 21.1. The summed E-state index contributed by atoms with van der Waals surface area (Å²) in [6, 6.07) is 0. The summed E-state index contributed by atoms with van der Waals surface area (Å²) >= 11 is 0. The molecule has 0 aliphatic rings. The van der Waals surface area contributed by atoms with Crippen LogP contribution in [0.4, 0.5) is 0 Å². The first-order chi connectivity index (χ1) is 6.66. The molecule has 0 aliphatic heterocycles. The van der Waals surface area contributed by atoms with Crippen LogP contribution in [-0.4, -0.2) is 23.7 Å². The Morgan fingerprint density at radius 1 is 1.29 bits per heavy atom. The Balaban J connectivity index is 3.31. The van der Waals surface area contributed by atoms with E-state index in [1.807, 2.05) is 6.92 Å². The van der Waals surface area contributed by atoms with Crippen molar-refractivity contribution in [1.29, 1.82) is 0 Å². The van der Waals surface area contributed by atoms with Gasteiger partial charge in [0.15, 0.2) is 0 Å². The number of carboxylic acid groups (broad SMARTS) is 1. The number of ether oxygens (including phenoxy) is 1. The molecule has 0 heterocycles. The van der Waals surface area contributed by atoms with Crippen molar-refractivity contribution < 1.29 is 19.4 Å². The molecule has 0 aliphatic carbocycles. The molecule has 0 saturated carbocycles. The Labute approximate surface area is 83.6 Å². The average Bonchev–Trinajstić information content (AvgIpc) is 2.13. The van der Waals surface area contributed by atoms with Crippen molar-refractivity contribution in [2.45, 2.75) is 32.6 Å². The van der Waals surface area contributed by atoms with Crippen LogP contribution < -0.4 is 0 Å². The van der Waals surface area contributed by atoms with E-state index in [0.29, 0.717) is 25.9 Å². The quantitative estimate of drug-likeness (QED) is 0.386. The minimum Gasteiger partial charge on any atom is -0.481 e. The molecular formula is C10H16O4. The van der Waals surface area contributed by atoms with Crippen LogP contribution in [0.5, 0.6) is 0 Å². The zero-order valence-corrected chi connectivity index (χ0v) is 8.36. The van der Waals surface area contributed by atoms with E-state index in [2.05, 4.69) is 0 Å². The Bertz CT molecular complexity index is 208. The predicted molar refractivity (Wildman–Crippen MR) is 51.9 cm³/mol. The fourth-order valence-electron chi connectivity index (χ4n) is 0.855. The van der Waals surface area contributed by atoms with Crippen molar-refractivity contribution in [3.8, 4) is 0 Å². The summed E-state index contributed by atoms with van der Waals surface area (Å²) in [5.74, 6) is -1.10. The molecule has 0 aromatic rings. The molecule has 1 N–H and O–H groups in total. The molecule has 0 spiro atoms. The van der Waals surface area contributed by atoms with Gasteiger partial charge in [0.2, 0.25) is 0 Å². The summed E-state index contributed by atoms with van der Waals surface area (Å²) in [6.07, 6.45) is 5.05. The van der Waals surface area contributed by atoms with Gasteiger partial charge in [0, 0.05) is 12.8 Å². The van der Waals surface area contributed by atoms with Gasteiger partial charge in [0.1, 0.15) is 6.61 Å². The maximum Gasteiger partial charge on any atom is 0.306 e. The molecule has 0 atom stereocenters. The molecule has 0 unspecified atom stereocenters. The number of hydrogen-bond acceptors (Lipinski definition) is 3. The third kappa shape index (κ3) is 8.77. The van der Waals surface area contributed by atoms with E-state index in [1.54, 1.807) is 12.2 Å². The monoisotopic (exact) mass is 200 g/mol. The van der Waals surface area contributed by atoms with Crippen LogP contribution in [0.15, 0.2) is 12.2 Å². The second-order valence-electron chi connectivity index (χ2n) is 2.85. The number of rotatable bonds is 7. The summed E-state index contributed by atoms with van der Waals surface area (Å²) in [7, 11) is 0. The van der Waals surface area contributed by atoms with E-state index in [4.69, 9.17) is 9.84 Å². The van der Waals surface area contributed by atoms with E-state index < -0.39 is 5.97 Å². The van der Waals surface area contributed by atoms with Crippen molar-refractivity contribution in [2.75, 3.05) is 6.61 Å². The maximum absolute atomic E-state index is 11.0. The van der Waals surface area contributed by atoms with Crippen LogP contribution in [0.1, 0.15) is 32.6 Å². The van der Waals surface area contributed by atoms with Crippen LogP contribution in [0.3, 0.4) is 0 Å². The highest BCUT2D eigenvalue weighted by atomic mass is 16.5. The van der Waals surface area contributed by atoms with Crippen LogP contribution in [0.2, 0.25) is 0 Å². The molecule has 4 nitrogen and oxygen atoms in total. The van der Waals surface area contributed by atoms with Crippen molar-refractivity contribution >= 4 is 11.9 Å². The standard InChI is InChI=1S/C10H16O4/c1-2-3-8-14-10(13)7-5-4-6-9(11)12/h2-3H,4-8H2,1H3,(H,11,12). The number of carboxylic acids is 1. The molecule has 0 rings (SSSR count). The summed E-state index contributed by atoms with van der Waals surface area (Å²) < 4.78 is 4.82. The fourth-order valence-corrected chi connectivity index (χ4v) is 0.855. The molecule has 0 fully saturated rings. The number of esters is 1. The van der Waals surface area contributed by atoms with Gasteiger partial charge in [0.25, 0.3) is 0 Å². The number of unbranched alkanes of at least 4 members (excludes halogenated alkanes) is 1. The second kappa shape index (κ2) is 8.29. The lowest BCUT2D eigenvalue weighted by Gasteiger charge is -2.00. The molecule has 4 heteroatoms. The number of hydrogen-bond donors (Lipinski definition) is 1. The van der Waals surface area contributed by atoms with Gasteiger partial charge in [-0.15, -0.1) is 0 Å². The smallest absolute Gasteiger partial charge is 0.306 e. The van der Waals surface area contributed by atoms with Gasteiger partial charge in [0.05, 0.1) is 0 Å². The first kappa shape index (κ1) is 12.7. The van der Waals surface area contributed by atoms with Crippen molar-refractivity contribution in [3.63, 3.8) is 0 Å². The van der Waals surface area contributed by atoms with E-state index in [-0.39, 0.29) is 12.4 Å². The van der Waals surface area contributed by atoms with Crippen molar-refractivity contribution in [3.05, 3.63) is 12.2 Å². The second-order valence-corrected chi connectivity index (χ2v) is 2.85. The lowest BCUT2D eigenvalue weighted by Crippen LogP contribution is -2.04. The average molecular weight is 200 g/mol. The predicted octanol–water partition coefficient (Wildman–Crippen LogP) is 1.75. The normalized spacial score (nSPS) is 10.4. The van der Waals surface area contributed by atoms with Gasteiger partial charge in [-0.25, -0.2) is 0 Å². The van der Waals surface area contributed by atoms with Crippen LogP contribution in [0, 0.1) is 0 Å². The van der Waals surface area contributed by atoms with Gasteiger partial charge >= 0.3 is 11.9 Å². The van der Waals surface area contributed by atoms with Crippen LogP contribution in [-0.2, 0) is 14.3 Å². The molecular weight excluding hydrogens is 184 g/mol. The van der Waals surface area contributed by atoms with Crippen molar-refractivity contribution in [1.82, 2.24) is 0 Å². The zero-order chi connectivity index (χ0) is 10.8. The van der Waals surface area contributed by atoms with Gasteiger partial charge in [-0.1, -0.05) is 12.2 Å². The van der Waals surface area contributed by atoms with E-state index in [1.165, 1.54) is 0 Å². The van der Waals surface area contributed by atoms with E-state index >= 15 is 0 Å². The van der Waals surface area contributed by atoms with E-state index in [0.717, 1.165) is 0 Å². The lowest BCUT2D eigenvalue weighted by atomic mass is 10.2. The number of aliphatic carboxylic acids is 1. The van der Waals surface area contributed by atoms with Crippen LogP contribution in [0.25, 0.3) is 0 Å². The summed E-state index contributed by atoms with van der Waals surface area (Å²) in [6.45, 7) is 2.15. The molecule has 0 radical (unpaired) electrons. The highest BCUT2D eigenvalue weighted by Gasteiger charge is 2.02. The van der Waals surface area contributed by atoms with Gasteiger partial charge < -0.3 is 9.84 Å². The molecule has 80 valence electrons.